The molecule has 0 aromatic heterocycles. The minimum Gasteiger partial charge on any atom is -0.866 e. The highest BCUT2D eigenvalue weighted by atomic mass is 16.3. The zero-order valence-electron chi connectivity index (χ0n) is 21.1. The quantitative estimate of drug-likeness (QED) is 0.345. The summed E-state index contributed by atoms with van der Waals surface area (Å²) in [6.45, 7) is 6.14. The molecule has 4 N–H and O–H groups in total. The number of aliphatic imine (C=N–C) groups is 2. The second-order valence-corrected chi connectivity index (χ2v) is 10.8. The van der Waals surface area contributed by atoms with Crippen molar-refractivity contribution in [2.24, 2.45) is 9.98 Å². The fourth-order valence-electron chi connectivity index (χ4n) is 4.62. The maximum absolute atomic E-state index is 12.0. The summed E-state index contributed by atoms with van der Waals surface area (Å²) in [5.74, 6) is -1.73. The van der Waals surface area contributed by atoms with Crippen molar-refractivity contribution in [3.05, 3.63) is 22.9 Å². The number of rotatable bonds is 0. The molecule has 10 heteroatoms. The number of hydrogen-bond acceptors (Lipinski definition) is 6. The Hall–Kier alpha value is -2.40. The largest absolute Gasteiger partial charge is 0.866 e. The van der Waals surface area contributed by atoms with E-state index in [1.165, 1.54) is 0 Å². The van der Waals surface area contributed by atoms with Crippen LogP contribution in [0.25, 0.3) is 0 Å². The van der Waals surface area contributed by atoms with Crippen molar-refractivity contribution in [1.82, 2.24) is 0 Å². The van der Waals surface area contributed by atoms with Crippen LogP contribution in [0.15, 0.2) is 32.9 Å². The number of allylic oxidation sites excluding steroid dienone is 4. The van der Waals surface area contributed by atoms with Crippen LogP contribution in [0, 0.1) is 0 Å². The van der Waals surface area contributed by atoms with Gasteiger partial charge < -0.3 is 29.8 Å². The number of nitrogens with two attached hydrogens (primary N) is 2. The molecule has 0 atom stereocenters. The Morgan fingerprint density at radius 1 is 0.647 bits per heavy atom. The third kappa shape index (κ3) is 6.38. The summed E-state index contributed by atoms with van der Waals surface area (Å²) in [4.78, 5) is 32.9. The van der Waals surface area contributed by atoms with Crippen molar-refractivity contribution in [1.29, 1.82) is 0 Å². The van der Waals surface area contributed by atoms with Crippen LogP contribution in [-0.2, 0) is 9.59 Å². The van der Waals surface area contributed by atoms with Crippen molar-refractivity contribution in [2.75, 3.05) is 80.5 Å². The predicted molar refractivity (Wildman–Crippen MR) is 124 cm³/mol. The van der Waals surface area contributed by atoms with Crippen LogP contribution >= 0.6 is 0 Å². The molecule has 0 amide bonds. The van der Waals surface area contributed by atoms with Gasteiger partial charge in [-0.25, -0.2) is 0 Å². The second kappa shape index (κ2) is 10.9. The molecule has 0 aromatic carbocycles. The van der Waals surface area contributed by atoms with Gasteiger partial charge in [-0.1, -0.05) is 0 Å². The molecule has 0 saturated heterocycles. The van der Waals surface area contributed by atoms with Crippen LogP contribution in [0.3, 0.4) is 0 Å². The molecule has 188 valence electrons. The molecule has 1 heterocycles. The van der Waals surface area contributed by atoms with Crippen LogP contribution in [0.5, 0.6) is 0 Å². The average Bonchev–Trinajstić information content (AvgIpc) is 2.79. The predicted octanol–water partition coefficient (Wildman–Crippen LogP) is -3.97. The zero-order valence-corrected chi connectivity index (χ0v) is 21.1. The molecule has 2 aliphatic carbocycles. The van der Waals surface area contributed by atoms with Gasteiger partial charge >= 0.3 is 0 Å². The highest BCUT2D eigenvalue weighted by Crippen LogP contribution is 2.13. The van der Waals surface area contributed by atoms with Crippen LogP contribution < -0.4 is 20.8 Å². The molecule has 0 radical (unpaired) electrons. The maximum Gasteiger partial charge on any atom is 0.208 e. The Kier molecular flexibility index (Phi) is 8.40. The van der Waals surface area contributed by atoms with Gasteiger partial charge in [0.1, 0.15) is 0 Å². The molecule has 0 fully saturated rings. The Morgan fingerprint density at radius 2 is 1.00 bits per heavy atom. The lowest BCUT2D eigenvalue weighted by Crippen LogP contribution is -2.87. The van der Waals surface area contributed by atoms with E-state index in [0.717, 1.165) is 73.9 Å². The van der Waals surface area contributed by atoms with Crippen LogP contribution in [0.2, 0.25) is 0 Å². The summed E-state index contributed by atoms with van der Waals surface area (Å²) in [5.41, 5.74) is 1.69. The van der Waals surface area contributed by atoms with Gasteiger partial charge in [-0.05, 0) is 0 Å². The van der Waals surface area contributed by atoms with Crippen LogP contribution in [0.4, 0.5) is 0 Å². The van der Waals surface area contributed by atoms with Gasteiger partial charge in [0.05, 0.1) is 67.5 Å². The van der Waals surface area contributed by atoms with E-state index in [0.29, 0.717) is 35.9 Å². The van der Waals surface area contributed by atoms with Crippen molar-refractivity contribution in [3.63, 3.8) is 0 Å². The van der Waals surface area contributed by atoms with Gasteiger partial charge in [0.25, 0.3) is 0 Å². The number of ketones is 2. The highest BCUT2D eigenvalue weighted by Gasteiger charge is 2.34. The summed E-state index contributed by atoms with van der Waals surface area (Å²) >= 11 is 0. The minimum absolute atomic E-state index is 0.351. The van der Waals surface area contributed by atoms with Crippen molar-refractivity contribution in [2.45, 2.75) is 25.7 Å². The minimum atomic E-state index is -0.457. The number of quaternary nitrogens is 4. The molecule has 0 bridgehead atoms. The average molecular weight is 477 g/mol. The molecular weight excluding hydrogens is 436 g/mol. The Balaban J connectivity index is 1.65. The van der Waals surface area contributed by atoms with Gasteiger partial charge in [0.15, 0.2) is 22.8 Å². The number of nitrogens with zero attached hydrogens (tertiary/aromatic N) is 4. The van der Waals surface area contributed by atoms with Gasteiger partial charge in [-0.2, -0.15) is 0 Å². The lowest BCUT2D eigenvalue weighted by atomic mass is 9.98. The number of fused-ring (bicyclic) bond motifs is 2. The van der Waals surface area contributed by atoms with E-state index in [4.69, 9.17) is 0 Å². The van der Waals surface area contributed by atoms with Crippen LogP contribution in [-0.4, -0.2) is 113 Å². The van der Waals surface area contributed by atoms with Crippen LogP contribution in [0.1, 0.15) is 25.7 Å². The summed E-state index contributed by atoms with van der Waals surface area (Å²) < 4.78 is 1.59. The van der Waals surface area contributed by atoms with E-state index >= 15 is 0 Å². The van der Waals surface area contributed by atoms with Gasteiger partial charge in [0, 0.05) is 50.3 Å². The molecule has 10 nitrogen and oxygen atoms in total. The summed E-state index contributed by atoms with van der Waals surface area (Å²) in [5, 5.41) is 27.8. The molecular formula is C24H40N6O4+2. The summed E-state index contributed by atoms with van der Waals surface area (Å²) in [7, 11) is 8.58. The van der Waals surface area contributed by atoms with Gasteiger partial charge in [-0.3, -0.25) is 19.6 Å². The summed E-state index contributed by atoms with van der Waals surface area (Å²) in [6.07, 6.45) is 3.43. The van der Waals surface area contributed by atoms with Crippen molar-refractivity contribution < 1.29 is 39.4 Å². The third-order valence-corrected chi connectivity index (χ3v) is 6.86. The smallest absolute Gasteiger partial charge is 0.208 e. The Bertz CT molecular complexity index is 873. The molecule has 3 rings (SSSR count). The first-order valence-corrected chi connectivity index (χ1v) is 12.3. The van der Waals surface area contributed by atoms with E-state index in [9.17, 15) is 19.8 Å². The number of carbonyl (C=O) groups excluding carboxylic acids is 2. The molecule has 3 aliphatic rings. The van der Waals surface area contributed by atoms with E-state index in [2.05, 4.69) is 38.2 Å². The monoisotopic (exact) mass is 476 g/mol. The molecule has 1 aliphatic heterocycles. The fourth-order valence-corrected chi connectivity index (χ4v) is 4.62. The number of Topliss-reactive ketones (excluding diaryl/α,β-unsaturated/α-hetero) is 2. The van der Waals surface area contributed by atoms with E-state index in [1.54, 1.807) is 0 Å². The third-order valence-electron chi connectivity index (χ3n) is 6.86. The lowest BCUT2D eigenvalue weighted by Gasteiger charge is -2.31. The van der Waals surface area contributed by atoms with E-state index < -0.39 is 23.1 Å². The van der Waals surface area contributed by atoms with E-state index in [1.807, 2.05) is 10.6 Å². The highest BCUT2D eigenvalue weighted by molar-refractivity contribution is 6.57. The molecule has 0 spiro atoms. The topological polar surface area (TPSA) is 138 Å². The lowest BCUT2D eigenvalue weighted by molar-refractivity contribution is -0.893. The zero-order chi connectivity index (χ0) is 24.9. The van der Waals surface area contributed by atoms with Gasteiger partial charge in [0.2, 0.25) is 11.6 Å². The molecule has 34 heavy (non-hydrogen) atoms. The Morgan fingerprint density at radius 3 is 1.38 bits per heavy atom. The molecule has 0 unspecified atom stereocenters. The van der Waals surface area contributed by atoms with Crippen molar-refractivity contribution in [3.8, 4) is 0 Å². The fraction of sp³-hybridized carbons (Fsp3) is 0.667. The maximum atomic E-state index is 12.0. The first-order valence-electron chi connectivity index (χ1n) is 12.3. The SMILES string of the molecule is C[N+]1(C)CCCN=C2C(=O)C([O-])=C2[NH2+]CCC[N+](C)(C)CCC[NH2+]C2=C([O-])C(=O)C2=NCCC1. The van der Waals surface area contributed by atoms with Gasteiger partial charge in [-0.15, -0.1) is 0 Å². The molecule has 0 aromatic rings. The summed E-state index contributed by atoms with van der Waals surface area (Å²) in [6, 6.07) is 0. The first kappa shape index (κ1) is 26.2. The van der Waals surface area contributed by atoms with E-state index in [-0.39, 0.29) is 0 Å². The second-order valence-electron chi connectivity index (χ2n) is 10.8. The molecule has 0 saturated carbocycles. The number of carbonyl (C=O) groups is 2. The normalized spacial score (nSPS) is 25.5. The Labute approximate surface area is 201 Å². The first-order chi connectivity index (χ1) is 16.0. The number of hydrogen-bond donors (Lipinski definition) is 2. The van der Waals surface area contributed by atoms with Crippen molar-refractivity contribution >= 4 is 23.0 Å². The standard InChI is InChI=1S/C24H38N6O4/c1-29(2)13-5-9-25-17-19(23(33)21(17)31)27-11-7-15-30(3,4)16-8-12-28-20-18(22(32)24(20)34)26-10-6-14-29/h5-16H2,1-4H3,(H2-2,25,26,27,28,31,32,33,34)/p+2.